The molecule has 0 bridgehead atoms. The van der Waals surface area contributed by atoms with Crippen LogP contribution in [0.25, 0.3) is 11.0 Å². The predicted octanol–water partition coefficient (Wildman–Crippen LogP) is 2.61. The SMILES string of the molecule is O=c1ccc2cccc(C3CCCCN3)c2o1. The number of nitrogens with one attached hydrogen (secondary N) is 1. The maximum absolute atomic E-state index is 11.3. The highest BCUT2D eigenvalue weighted by molar-refractivity contribution is 5.80. The van der Waals surface area contributed by atoms with Crippen molar-refractivity contribution >= 4 is 11.0 Å². The van der Waals surface area contributed by atoms with Crippen LogP contribution in [0.2, 0.25) is 0 Å². The number of fused-ring (bicyclic) bond motifs is 1. The number of para-hydroxylation sites is 1. The second-order valence-corrected chi connectivity index (χ2v) is 4.52. The molecule has 0 saturated carbocycles. The summed E-state index contributed by atoms with van der Waals surface area (Å²) in [7, 11) is 0. The zero-order valence-corrected chi connectivity index (χ0v) is 9.61. The minimum absolute atomic E-state index is 0.277. The van der Waals surface area contributed by atoms with Gasteiger partial charge in [0.2, 0.25) is 0 Å². The Morgan fingerprint density at radius 2 is 2.12 bits per heavy atom. The molecule has 1 N–H and O–H groups in total. The van der Waals surface area contributed by atoms with Crippen LogP contribution in [0.5, 0.6) is 0 Å². The Balaban J connectivity index is 2.14. The molecule has 3 nitrogen and oxygen atoms in total. The first kappa shape index (κ1) is 10.5. The third kappa shape index (κ3) is 1.98. The lowest BCUT2D eigenvalue weighted by atomic mass is 9.96. The Kier molecular flexibility index (Phi) is 2.69. The summed E-state index contributed by atoms with van der Waals surface area (Å²) < 4.78 is 5.35. The van der Waals surface area contributed by atoms with Gasteiger partial charge in [0.05, 0.1) is 0 Å². The van der Waals surface area contributed by atoms with E-state index in [1.807, 2.05) is 24.3 Å². The monoisotopic (exact) mass is 229 g/mol. The van der Waals surface area contributed by atoms with Crippen LogP contribution < -0.4 is 10.9 Å². The number of benzene rings is 1. The van der Waals surface area contributed by atoms with Crippen molar-refractivity contribution in [1.29, 1.82) is 0 Å². The van der Waals surface area contributed by atoms with Crippen LogP contribution in [0.1, 0.15) is 30.9 Å². The predicted molar refractivity (Wildman–Crippen MR) is 67.1 cm³/mol. The normalized spacial score (nSPS) is 20.6. The summed E-state index contributed by atoms with van der Waals surface area (Å²) in [6.07, 6.45) is 3.56. The molecule has 1 unspecified atom stereocenters. The largest absolute Gasteiger partial charge is 0.422 e. The van der Waals surface area contributed by atoms with Gasteiger partial charge in [-0.2, -0.15) is 0 Å². The molecule has 1 aromatic heterocycles. The van der Waals surface area contributed by atoms with E-state index in [1.54, 1.807) is 0 Å². The Morgan fingerprint density at radius 3 is 2.94 bits per heavy atom. The van der Waals surface area contributed by atoms with Crippen molar-refractivity contribution in [1.82, 2.24) is 5.32 Å². The fourth-order valence-electron chi connectivity index (χ4n) is 2.51. The van der Waals surface area contributed by atoms with Gasteiger partial charge in [-0.1, -0.05) is 24.6 Å². The third-order valence-electron chi connectivity index (χ3n) is 3.36. The molecular formula is C14H15NO2. The van der Waals surface area contributed by atoms with Crippen LogP contribution in [0.3, 0.4) is 0 Å². The van der Waals surface area contributed by atoms with E-state index < -0.39 is 0 Å². The minimum Gasteiger partial charge on any atom is -0.422 e. The van der Waals surface area contributed by atoms with Gasteiger partial charge in [0.15, 0.2) is 0 Å². The topological polar surface area (TPSA) is 42.2 Å². The van der Waals surface area contributed by atoms with E-state index in [-0.39, 0.29) is 5.63 Å². The summed E-state index contributed by atoms with van der Waals surface area (Å²) >= 11 is 0. The molecule has 0 radical (unpaired) electrons. The molecule has 1 aliphatic heterocycles. The zero-order valence-electron chi connectivity index (χ0n) is 9.61. The molecule has 1 aromatic carbocycles. The number of hydrogen-bond donors (Lipinski definition) is 1. The molecule has 1 fully saturated rings. The second kappa shape index (κ2) is 4.34. The fraction of sp³-hybridized carbons (Fsp3) is 0.357. The number of rotatable bonds is 1. The standard InChI is InChI=1S/C14H15NO2/c16-13-8-7-10-4-3-5-11(14(10)17-13)12-6-1-2-9-15-12/h3-5,7-8,12,15H,1-2,6,9H2. The van der Waals surface area contributed by atoms with Crippen LogP contribution >= 0.6 is 0 Å². The van der Waals surface area contributed by atoms with Gasteiger partial charge in [0.25, 0.3) is 0 Å². The Bertz CT molecular complexity index is 582. The van der Waals surface area contributed by atoms with Gasteiger partial charge in [-0.25, -0.2) is 4.79 Å². The molecule has 88 valence electrons. The number of hydrogen-bond acceptors (Lipinski definition) is 3. The lowest BCUT2D eigenvalue weighted by Gasteiger charge is -2.24. The molecule has 17 heavy (non-hydrogen) atoms. The highest BCUT2D eigenvalue weighted by Crippen LogP contribution is 2.28. The quantitative estimate of drug-likeness (QED) is 0.764. The van der Waals surface area contributed by atoms with E-state index in [9.17, 15) is 4.79 Å². The maximum Gasteiger partial charge on any atom is 0.336 e. The van der Waals surface area contributed by atoms with E-state index in [2.05, 4.69) is 5.32 Å². The Hall–Kier alpha value is -1.61. The average Bonchev–Trinajstić information content (AvgIpc) is 2.39. The Morgan fingerprint density at radius 1 is 1.18 bits per heavy atom. The van der Waals surface area contributed by atoms with Gasteiger partial charge in [0.1, 0.15) is 5.58 Å². The molecule has 3 rings (SSSR count). The fourth-order valence-corrected chi connectivity index (χ4v) is 2.51. The summed E-state index contributed by atoms with van der Waals surface area (Å²) in [6.45, 7) is 1.04. The van der Waals surface area contributed by atoms with Gasteiger partial charge < -0.3 is 9.73 Å². The lowest BCUT2D eigenvalue weighted by molar-refractivity contribution is 0.409. The second-order valence-electron chi connectivity index (χ2n) is 4.52. The molecule has 0 amide bonds. The Labute approximate surface area is 99.4 Å². The summed E-state index contributed by atoms with van der Waals surface area (Å²) in [5.74, 6) is 0. The van der Waals surface area contributed by atoms with Gasteiger partial charge >= 0.3 is 5.63 Å². The first-order valence-electron chi connectivity index (χ1n) is 6.11. The molecule has 1 saturated heterocycles. The molecule has 0 spiro atoms. The van der Waals surface area contributed by atoms with E-state index in [4.69, 9.17) is 4.42 Å². The summed E-state index contributed by atoms with van der Waals surface area (Å²) in [4.78, 5) is 11.3. The lowest BCUT2D eigenvalue weighted by Crippen LogP contribution is -2.27. The van der Waals surface area contributed by atoms with Gasteiger partial charge in [-0.15, -0.1) is 0 Å². The maximum atomic E-state index is 11.3. The van der Waals surface area contributed by atoms with Crippen LogP contribution in [-0.4, -0.2) is 6.54 Å². The summed E-state index contributed by atoms with van der Waals surface area (Å²) in [6, 6.07) is 9.67. The molecule has 0 aliphatic carbocycles. The average molecular weight is 229 g/mol. The van der Waals surface area contributed by atoms with Crippen LogP contribution in [0.15, 0.2) is 39.5 Å². The van der Waals surface area contributed by atoms with Gasteiger partial charge in [-0.05, 0) is 25.5 Å². The molecule has 3 heteroatoms. The smallest absolute Gasteiger partial charge is 0.336 e. The van der Waals surface area contributed by atoms with Crippen LogP contribution in [-0.2, 0) is 0 Å². The van der Waals surface area contributed by atoms with Crippen molar-refractivity contribution in [2.24, 2.45) is 0 Å². The van der Waals surface area contributed by atoms with E-state index in [0.717, 1.165) is 29.5 Å². The minimum atomic E-state index is -0.277. The molecule has 1 aliphatic rings. The van der Waals surface area contributed by atoms with Crippen molar-refractivity contribution < 1.29 is 4.42 Å². The van der Waals surface area contributed by atoms with E-state index in [1.165, 1.54) is 18.9 Å². The first-order valence-corrected chi connectivity index (χ1v) is 6.11. The van der Waals surface area contributed by atoms with Gasteiger partial charge in [0, 0.05) is 23.1 Å². The summed E-state index contributed by atoms with van der Waals surface area (Å²) in [5, 5.41) is 4.48. The van der Waals surface area contributed by atoms with Crippen molar-refractivity contribution in [2.75, 3.05) is 6.54 Å². The number of piperidine rings is 1. The molecule has 1 atom stereocenters. The van der Waals surface area contributed by atoms with E-state index >= 15 is 0 Å². The highest BCUT2D eigenvalue weighted by Gasteiger charge is 2.18. The highest BCUT2D eigenvalue weighted by atomic mass is 16.4. The summed E-state index contributed by atoms with van der Waals surface area (Å²) in [5.41, 5.74) is 1.57. The van der Waals surface area contributed by atoms with Crippen LogP contribution in [0, 0.1) is 0 Å². The molecule has 2 aromatic rings. The van der Waals surface area contributed by atoms with Crippen molar-refractivity contribution in [2.45, 2.75) is 25.3 Å². The third-order valence-corrected chi connectivity index (χ3v) is 3.36. The van der Waals surface area contributed by atoms with Gasteiger partial charge in [-0.3, -0.25) is 0 Å². The van der Waals surface area contributed by atoms with Crippen LogP contribution in [0.4, 0.5) is 0 Å². The molecule has 2 heterocycles. The zero-order chi connectivity index (χ0) is 11.7. The first-order chi connectivity index (χ1) is 8.34. The molecular weight excluding hydrogens is 214 g/mol. The van der Waals surface area contributed by atoms with Crippen molar-refractivity contribution in [3.05, 3.63) is 46.3 Å². The van der Waals surface area contributed by atoms with Crippen molar-refractivity contribution in [3.8, 4) is 0 Å². The van der Waals surface area contributed by atoms with Crippen molar-refractivity contribution in [3.63, 3.8) is 0 Å². The van der Waals surface area contributed by atoms with E-state index in [0.29, 0.717) is 6.04 Å².